The molecule has 1 heterocycles. The van der Waals surface area contributed by atoms with Crippen LogP contribution in [0.3, 0.4) is 0 Å². The van der Waals surface area contributed by atoms with Gasteiger partial charge in [0.2, 0.25) is 0 Å². The van der Waals surface area contributed by atoms with Crippen molar-refractivity contribution >= 4 is 0 Å². The molecule has 31 heavy (non-hydrogen) atoms. The Morgan fingerprint density at radius 1 is 0.968 bits per heavy atom. The van der Waals surface area contributed by atoms with Crippen molar-refractivity contribution in [2.45, 2.75) is 20.5 Å². The van der Waals surface area contributed by atoms with Gasteiger partial charge in [0.15, 0.2) is 0 Å². The van der Waals surface area contributed by atoms with Gasteiger partial charge in [-0.15, -0.1) is 0 Å². The van der Waals surface area contributed by atoms with E-state index in [9.17, 15) is 13.6 Å². The van der Waals surface area contributed by atoms with Crippen LogP contribution in [0.4, 0.5) is 8.78 Å². The van der Waals surface area contributed by atoms with Gasteiger partial charge in [0, 0.05) is 24.7 Å². The third-order valence-electron chi connectivity index (χ3n) is 5.07. The van der Waals surface area contributed by atoms with Crippen molar-refractivity contribution in [3.63, 3.8) is 0 Å². The molecule has 0 amide bonds. The van der Waals surface area contributed by atoms with Crippen LogP contribution in [0.5, 0.6) is 5.75 Å². The number of aromatic nitrogens is 4. The van der Waals surface area contributed by atoms with Crippen molar-refractivity contribution in [3.8, 4) is 22.6 Å². The van der Waals surface area contributed by atoms with Crippen LogP contribution in [-0.2, 0) is 13.7 Å². The largest absolute Gasteiger partial charge is 0.489 e. The lowest BCUT2D eigenvalue weighted by molar-refractivity contribution is 0.301. The zero-order valence-electron chi connectivity index (χ0n) is 17.3. The molecule has 0 unspecified atom stereocenters. The number of rotatable bonds is 5. The first-order valence-electron chi connectivity index (χ1n) is 9.62. The summed E-state index contributed by atoms with van der Waals surface area (Å²) in [6, 6.07) is 14.6. The minimum atomic E-state index is -0.714. The maximum Gasteiger partial charge on any atom is 0.368 e. The van der Waals surface area contributed by atoms with Gasteiger partial charge in [-0.2, -0.15) is 9.36 Å². The number of nitrogens with zero attached hydrogens (tertiary/aromatic N) is 4. The highest BCUT2D eigenvalue weighted by Crippen LogP contribution is 2.30. The quantitative estimate of drug-likeness (QED) is 0.486. The SMILES string of the molecule is Cc1ccc(-c2c(F)cc(OCc3c(C)cccc3-n3nnn(C)c3=O)cc2F)cc1. The van der Waals surface area contributed by atoms with E-state index in [-0.39, 0.29) is 17.9 Å². The summed E-state index contributed by atoms with van der Waals surface area (Å²) in [5.74, 6) is -1.38. The van der Waals surface area contributed by atoms with E-state index in [0.717, 1.165) is 32.6 Å². The lowest BCUT2D eigenvalue weighted by Crippen LogP contribution is -2.23. The minimum Gasteiger partial charge on any atom is -0.489 e. The summed E-state index contributed by atoms with van der Waals surface area (Å²) >= 11 is 0. The summed E-state index contributed by atoms with van der Waals surface area (Å²) in [5, 5.41) is 7.59. The second-order valence-corrected chi connectivity index (χ2v) is 7.29. The van der Waals surface area contributed by atoms with E-state index in [1.54, 1.807) is 36.4 Å². The first kappa shape index (κ1) is 20.5. The number of aryl methyl sites for hydroxylation is 3. The molecule has 158 valence electrons. The Kier molecular flexibility index (Phi) is 5.37. The topological polar surface area (TPSA) is 61.9 Å². The maximum atomic E-state index is 14.7. The molecule has 0 radical (unpaired) electrons. The van der Waals surface area contributed by atoms with Gasteiger partial charge in [0.25, 0.3) is 0 Å². The molecule has 0 aliphatic heterocycles. The van der Waals surface area contributed by atoms with Gasteiger partial charge in [-0.05, 0) is 41.5 Å². The number of hydrogen-bond acceptors (Lipinski definition) is 4. The van der Waals surface area contributed by atoms with Crippen molar-refractivity contribution in [3.05, 3.63) is 93.4 Å². The van der Waals surface area contributed by atoms with Crippen molar-refractivity contribution in [1.82, 2.24) is 19.8 Å². The second kappa shape index (κ2) is 8.14. The predicted molar refractivity (Wildman–Crippen MR) is 112 cm³/mol. The monoisotopic (exact) mass is 422 g/mol. The van der Waals surface area contributed by atoms with Gasteiger partial charge in [0.05, 0.1) is 11.3 Å². The van der Waals surface area contributed by atoms with Gasteiger partial charge in [-0.1, -0.05) is 42.0 Å². The average molecular weight is 422 g/mol. The van der Waals surface area contributed by atoms with Crippen LogP contribution in [-0.4, -0.2) is 19.8 Å². The minimum absolute atomic E-state index is 0.00617. The molecule has 0 atom stereocenters. The van der Waals surface area contributed by atoms with Gasteiger partial charge in [0.1, 0.15) is 24.0 Å². The predicted octanol–water partition coefficient (Wildman–Crippen LogP) is 4.11. The third kappa shape index (κ3) is 3.96. The molecule has 4 rings (SSSR count). The molecule has 6 nitrogen and oxygen atoms in total. The summed E-state index contributed by atoms with van der Waals surface area (Å²) < 4.78 is 37.4. The van der Waals surface area contributed by atoms with E-state index in [1.807, 2.05) is 19.9 Å². The fourth-order valence-electron chi connectivity index (χ4n) is 3.32. The Hall–Kier alpha value is -3.81. The summed E-state index contributed by atoms with van der Waals surface area (Å²) in [5.41, 5.74) is 2.94. The Bertz CT molecular complexity index is 1290. The number of hydrogen-bond donors (Lipinski definition) is 0. The zero-order valence-corrected chi connectivity index (χ0v) is 17.3. The highest BCUT2D eigenvalue weighted by atomic mass is 19.1. The first-order chi connectivity index (χ1) is 14.8. The first-order valence-corrected chi connectivity index (χ1v) is 9.62. The molecule has 0 aliphatic rings. The van der Waals surface area contributed by atoms with Gasteiger partial charge in [-0.3, -0.25) is 0 Å². The maximum absolute atomic E-state index is 14.7. The number of tetrazole rings is 1. The van der Waals surface area contributed by atoms with Crippen molar-refractivity contribution in [2.24, 2.45) is 7.05 Å². The van der Waals surface area contributed by atoms with Crippen LogP contribution in [0.15, 0.2) is 59.4 Å². The molecule has 3 aromatic carbocycles. The average Bonchev–Trinajstić information content (AvgIpc) is 3.06. The second-order valence-electron chi connectivity index (χ2n) is 7.29. The summed E-state index contributed by atoms with van der Waals surface area (Å²) in [7, 11) is 1.50. The van der Waals surface area contributed by atoms with E-state index >= 15 is 0 Å². The van der Waals surface area contributed by atoms with Crippen LogP contribution < -0.4 is 10.4 Å². The van der Waals surface area contributed by atoms with Crippen LogP contribution in [0.1, 0.15) is 16.7 Å². The van der Waals surface area contributed by atoms with Crippen molar-refractivity contribution < 1.29 is 13.5 Å². The standard InChI is InChI=1S/C23H20F2N4O2/c1-14-7-9-16(10-8-14)22-19(24)11-17(12-20(22)25)31-13-18-15(2)5-4-6-21(18)29-23(30)28(3)26-27-29/h4-12H,13H2,1-3H3. The molecule has 0 saturated carbocycles. The fourth-order valence-corrected chi connectivity index (χ4v) is 3.32. The number of benzene rings is 3. The molecule has 0 N–H and O–H groups in total. The molecule has 0 fully saturated rings. The van der Waals surface area contributed by atoms with E-state index in [4.69, 9.17) is 4.74 Å². The Balaban J connectivity index is 1.64. The smallest absolute Gasteiger partial charge is 0.368 e. The molecule has 1 aromatic heterocycles. The molecule has 0 saturated heterocycles. The summed E-state index contributed by atoms with van der Waals surface area (Å²) in [6.07, 6.45) is 0. The van der Waals surface area contributed by atoms with E-state index in [1.165, 1.54) is 7.05 Å². The van der Waals surface area contributed by atoms with Gasteiger partial charge in [-0.25, -0.2) is 13.6 Å². The van der Waals surface area contributed by atoms with Crippen LogP contribution in [0.25, 0.3) is 16.8 Å². The Morgan fingerprint density at radius 2 is 1.65 bits per heavy atom. The molecule has 0 spiro atoms. The molecular formula is C23H20F2N4O2. The van der Waals surface area contributed by atoms with Gasteiger partial charge >= 0.3 is 5.69 Å². The lowest BCUT2D eigenvalue weighted by Gasteiger charge is -2.14. The summed E-state index contributed by atoms with van der Waals surface area (Å²) in [6.45, 7) is 3.75. The number of ether oxygens (including phenoxy) is 1. The summed E-state index contributed by atoms with van der Waals surface area (Å²) in [4.78, 5) is 12.3. The normalized spacial score (nSPS) is 11.0. The number of halogens is 2. The molecule has 0 aliphatic carbocycles. The molecule has 8 heteroatoms. The Labute approximate surface area is 177 Å². The van der Waals surface area contributed by atoms with E-state index in [0.29, 0.717) is 16.8 Å². The van der Waals surface area contributed by atoms with Crippen LogP contribution >= 0.6 is 0 Å². The Morgan fingerprint density at radius 3 is 2.26 bits per heavy atom. The third-order valence-corrected chi connectivity index (χ3v) is 5.07. The lowest BCUT2D eigenvalue weighted by atomic mass is 10.0. The van der Waals surface area contributed by atoms with E-state index in [2.05, 4.69) is 10.4 Å². The van der Waals surface area contributed by atoms with Gasteiger partial charge < -0.3 is 4.74 Å². The van der Waals surface area contributed by atoms with Crippen molar-refractivity contribution in [1.29, 1.82) is 0 Å². The highest BCUT2D eigenvalue weighted by Gasteiger charge is 2.16. The fraction of sp³-hybridized carbons (Fsp3) is 0.174. The highest BCUT2D eigenvalue weighted by molar-refractivity contribution is 5.66. The van der Waals surface area contributed by atoms with Crippen LogP contribution in [0, 0.1) is 25.5 Å². The van der Waals surface area contributed by atoms with E-state index < -0.39 is 17.3 Å². The molecule has 4 aromatic rings. The van der Waals surface area contributed by atoms with Crippen LogP contribution in [0.2, 0.25) is 0 Å². The van der Waals surface area contributed by atoms with Crippen molar-refractivity contribution in [2.75, 3.05) is 0 Å². The molecule has 0 bridgehead atoms. The zero-order chi connectivity index (χ0) is 22.1. The molecular weight excluding hydrogens is 402 g/mol.